The number of halogens is 3. The zero-order chi connectivity index (χ0) is 28.7. The third-order valence-corrected chi connectivity index (χ3v) is 6.75. The molecule has 1 fully saturated rings. The normalized spacial score (nSPS) is 15.8. The Hall–Kier alpha value is -4.20. The first-order valence-electron chi connectivity index (χ1n) is 12.3. The van der Waals surface area contributed by atoms with Crippen LogP contribution >= 0.6 is 11.3 Å². The van der Waals surface area contributed by atoms with Gasteiger partial charge in [0.1, 0.15) is 29.0 Å². The van der Waals surface area contributed by atoms with E-state index in [4.69, 9.17) is 15.2 Å². The first kappa shape index (κ1) is 27.4. The Kier molecular flexibility index (Phi) is 7.12. The van der Waals surface area contributed by atoms with Crippen molar-refractivity contribution >= 4 is 38.6 Å². The van der Waals surface area contributed by atoms with Crippen molar-refractivity contribution in [1.82, 2.24) is 24.8 Å². The number of amides is 1. The van der Waals surface area contributed by atoms with Gasteiger partial charge in [-0.3, -0.25) is 0 Å². The van der Waals surface area contributed by atoms with Crippen LogP contribution in [0.4, 0.5) is 28.9 Å². The Labute approximate surface area is 231 Å². The first-order valence-corrected chi connectivity index (χ1v) is 13.2. The average molecular weight is 574 g/mol. The number of rotatable bonds is 5. The molecule has 4 aromatic rings. The summed E-state index contributed by atoms with van der Waals surface area (Å²) in [6.07, 6.45) is -3.39. The number of carbonyl (C=O) groups is 1. The van der Waals surface area contributed by atoms with Gasteiger partial charge >= 0.3 is 12.3 Å². The van der Waals surface area contributed by atoms with Crippen molar-refractivity contribution < 1.29 is 27.4 Å². The number of nitrogen functional groups attached to an aromatic ring is 1. The second kappa shape index (κ2) is 10.4. The molecule has 40 heavy (non-hydrogen) atoms. The number of alkyl halides is 3. The van der Waals surface area contributed by atoms with Crippen LogP contribution in [-0.2, 0) is 10.9 Å². The summed E-state index contributed by atoms with van der Waals surface area (Å²) < 4.78 is 52.9. The van der Waals surface area contributed by atoms with Crippen molar-refractivity contribution in [3.8, 4) is 22.9 Å². The zero-order valence-electron chi connectivity index (χ0n) is 21.8. The predicted octanol–water partition coefficient (Wildman–Crippen LogP) is 5.96. The van der Waals surface area contributed by atoms with Crippen molar-refractivity contribution in [2.45, 2.75) is 45.0 Å². The number of ether oxygens (including phenoxy) is 2. The van der Waals surface area contributed by atoms with E-state index in [9.17, 15) is 18.0 Å². The molecule has 1 unspecified atom stereocenters. The highest BCUT2D eigenvalue weighted by molar-refractivity contribution is 7.22. The lowest BCUT2D eigenvalue weighted by Crippen LogP contribution is -2.36. The highest BCUT2D eigenvalue weighted by Gasteiger charge is 2.35. The van der Waals surface area contributed by atoms with E-state index in [2.05, 4.69) is 25.3 Å². The van der Waals surface area contributed by atoms with E-state index in [1.807, 2.05) is 6.07 Å². The van der Waals surface area contributed by atoms with Crippen LogP contribution in [0.5, 0.6) is 11.6 Å². The van der Waals surface area contributed by atoms with Gasteiger partial charge in [0.25, 0.3) is 0 Å². The van der Waals surface area contributed by atoms with Gasteiger partial charge in [-0.25, -0.2) is 24.7 Å². The van der Waals surface area contributed by atoms with Crippen molar-refractivity contribution in [1.29, 1.82) is 0 Å². The second-order valence-corrected chi connectivity index (χ2v) is 11.2. The van der Waals surface area contributed by atoms with E-state index < -0.39 is 23.6 Å². The quantitative estimate of drug-likeness (QED) is 0.297. The molecule has 10 nitrogen and oxygen atoms in total. The van der Waals surface area contributed by atoms with Gasteiger partial charge in [-0.1, -0.05) is 17.4 Å². The average Bonchev–Trinajstić information content (AvgIpc) is 3.49. The monoisotopic (exact) mass is 573 g/mol. The van der Waals surface area contributed by atoms with Crippen LogP contribution in [-0.4, -0.2) is 55.7 Å². The Balaban J connectivity index is 1.42. The van der Waals surface area contributed by atoms with Crippen LogP contribution in [0, 0.1) is 0 Å². The Morgan fingerprint density at radius 2 is 1.95 bits per heavy atom. The third kappa shape index (κ3) is 6.17. The maximum absolute atomic E-state index is 13.6. The molecule has 4 heterocycles. The maximum Gasteiger partial charge on any atom is 0.433 e. The molecule has 1 aromatic carbocycles. The number of anilines is 2. The lowest BCUT2D eigenvalue weighted by Gasteiger charge is -2.24. The summed E-state index contributed by atoms with van der Waals surface area (Å²) in [5.74, 6) is 0.559. The number of hydrogen-bond donors (Lipinski definition) is 2. The summed E-state index contributed by atoms with van der Waals surface area (Å²) in [6, 6.07) is 8.71. The number of nitrogens with zero attached hydrogens (tertiary/aromatic N) is 5. The summed E-state index contributed by atoms with van der Waals surface area (Å²) in [4.78, 5) is 30.6. The molecule has 0 radical (unpaired) electrons. The van der Waals surface area contributed by atoms with Crippen molar-refractivity contribution in [2.75, 3.05) is 24.1 Å². The molecule has 3 aromatic heterocycles. The largest absolute Gasteiger partial charge is 0.444 e. The molecule has 3 N–H and O–H groups in total. The lowest BCUT2D eigenvalue weighted by atomic mass is 10.1. The van der Waals surface area contributed by atoms with E-state index in [1.165, 1.54) is 34.7 Å². The minimum Gasteiger partial charge on any atom is -0.444 e. The van der Waals surface area contributed by atoms with Crippen LogP contribution in [0.2, 0.25) is 0 Å². The number of carbonyl (C=O) groups excluding carboxylic acids is 1. The van der Waals surface area contributed by atoms with Crippen LogP contribution in [0.1, 0.15) is 32.9 Å². The van der Waals surface area contributed by atoms with Crippen molar-refractivity contribution in [3.63, 3.8) is 0 Å². The molecule has 210 valence electrons. The summed E-state index contributed by atoms with van der Waals surface area (Å²) in [5.41, 5.74) is 5.29. The number of aromatic nitrogens is 4. The third-order valence-electron chi connectivity index (χ3n) is 5.90. The van der Waals surface area contributed by atoms with Crippen LogP contribution in [0.3, 0.4) is 0 Å². The van der Waals surface area contributed by atoms with Crippen LogP contribution < -0.4 is 15.8 Å². The van der Waals surface area contributed by atoms with E-state index in [1.54, 1.807) is 32.9 Å². The summed E-state index contributed by atoms with van der Waals surface area (Å²) in [6.45, 7) is 5.93. The minimum absolute atomic E-state index is 0.0232. The number of nitrogens with two attached hydrogens (primary N) is 1. The maximum atomic E-state index is 13.6. The molecule has 0 saturated carbocycles. The fourth-order valence-electron chi connectivity index (χ4n) is 4.18. The molecule has 0 aliphatic carbocycles. The summed E-state index contributed by atoms with van der Waals surface area (Å²) in [7, 11) is 0. The highest BCUT2D eigenvalue weighted by Crippen LogP contribution is 2.36. The zero-order valence-corrected chi connectivity index (χ0v) is 22.6. The van der Waals surface area contributed by atoms with E-state index in [0.29, 0.717) is 40.6 Å². The van der Waals surface area contributed by atoms with E-state index >= 15 is 0 Å². The number of likely N-dealkylation sites (tertiary alicyclic amines) is 1. The van der Waals surface area contributed by atoms with Gasteiger partial charge in [-0.15, -0.1) is 0 Å². The molecule has 5 rings (SSSR count). The molecule has 0 spiro atoms. The molecule has 1 aliphatic heterocycles. The molecule has 0 bridgehead atoms. The molecule has 14 heteroatoms. The lowest BCUT2D eigenvalue weighted by molar-refractivity contribution is -0.141. The number of thiazole rings is 1. The fraction of sp³-hybridized carbons (Fsp3) is 0.346. The number of benzene rings is 1. The Morgan fingerprint density at radius 1 is 1.15 bits per heavy atom. The fourth-order valence-corrected chi connectivity index (χ4v) is 4.93. The van der Waals surface area contributed by atoms with Crippen LogP contribution in [0.25, 0.3) is 21.5 Å². The van der Waals surface area contributed by atoms with Gasteiger partial charge in [0.15, 0.2) is 10.9 Å². The van der Waals surface area contributed by atoms with E-state index in [-0.39, 0.29) is 24.3 Å². The van der Waals surface area contributed by atoms with Crippen LogP contribution in [0.15, 0.2) is 42.7 Å². The minimum atomic E-state index is -4.65. The highest BCUT2D eigenvalue weighted by atomic mass is 32.1. The van der Waals surface area contributed by atoms with E-state index in [0.717, 1.165) is 10.8 Å². The molecular weight excluding hydrogens is 547 g/mol. The second-order valence-electron chi connectivity index (χ2n) is 10.1. The van der Waals surface area contributed by atoms with Gasteiger partial charge < -0.3 is 25.4 Å². The number of pyridine rings is 1. The molecule has 1 atom stereocenters. The number of para-hydroxylation sites is 1. The molecular formula is C26H26F3N7O3S. The Morgan fingerprint density at radius 3 is 2.70 bits per heavy atom. The van der Waals surface area contributed by atoms with Gasteiger partial charge in [-0.2, -0.15) is 13.2 Å². The first-order chi connectivity index (χ1) is 18.9. The number of fused-ring (bicyclic) bond motifs is 1. The smallest absolute Gasteiger partial charge is 0.433 e. The predicted molar refractivity (Wildman–Crippen MR) is 144 cm³/mol. The molecule has 1 amide bonds. The standard InChI is InChI=1S/C26H26F3N7O3S/c1-25(2,3)39-24(37)36-10-9-14(12-36)33-22-15(7-8-19(34-22)26(27,28)29)16-11-20(32-13-31-16)38-17-5-4-6-18-21(17)35-23(30)40-18/h4-8,11,13-14H,9-10,12H2,1-3H3,(H2,30,35)(H,33,34). The summed E-state index contributed by atoms with van der Waals surface area (Å²) in [5, 5.41) is 3.47. The van der Waals surface area contributed by atoms with Gasteiger partial charge in [-0.05, 0) is 51.5 Å². The topological polar surface area (TPSA) is 128 Å². The molecule has 1 saturated heterocycles. The summed E-state index contributed by atoms with van der Waals surface area (Å²) >= 11 is 1.31. The number of nitrogens with one attached hydrogen (secondary N) is 1. The number of hydrogen-bond acceptors (Lipinski definition) is 10. The molecule has 1 aliphatic rings. The van der Waals surface area contributed by atoms with Gasteiger partial charge in [0, 0.05) is 30.8 Å². The SMILES string of the molecule is CC(C)(C)OC(=O)N1CCC(Nc2nc(C(F)(F)F)ccc2-c2cc(Oc3cccc4sc(N)nc34)ncn2)C1. The van der Waals surface area contributed by atoms with Crippen molar-refractivity contribution in [2.24, 2.45) is 0 Å². The van der Waals surface area contributed by atoms with Gasteiger partial charge in [0.2, 0.25) is 5.88 Å². The van der Waals surface area contributed by atoms with Gasteiger partial charge in [0.05, 0.1) is 10.4 Å². The Bertz CT molecular complexity index is 1550. The van der Waals surface area contributed by atoms with Crippen molar-refractivity contribution in [3.05, 3.63) is 48.4 Å².